The van der Waals surface area contributed by atoms with Crippen LogP contribution in [-0.2, 0) is 14.4 Å². The third kappa shape index (κ3) is 4.73. The number of aliphatic hydroxyl groups is 1. The van der Waals surface area contributed by atoms with Crippen molar-refractivity contribution < 1.29 is 29.1 Å². The molecule has 178 valence electrons. The van der Waals surface area contributed by atoms with Crippen molar-refractivity contribution in [2.75, 3.05) is 26.9 Å². The van der Waals surface area contributed by atoms with Gasteiger partial charge in [0.2, 0.25) is 5.91 Å². The number of H-pyrrole nitrogens is 1. The second kappa shape index (κ2) is 9.90. The van der Waals surface area contributed by atoms with Crippen LogP contribution in [0.4, 0.5) is 0 Å². The summed E-state index contributed by atoms with van der Waals surface area (Å²) in [6, 6.07) is 5.42. The average molecular weight is 459 g/mol. The number of benzene rings is 1. The highest BCUT2D eigenvalue weighted by molar-refractivity contribution is 6.02. The molecule has 1 aromatic heterocycles. The van der Waals surface area contributed by atoms with E-state index in [9.17, 15) is 19.5 Å². The van der Waals surface area contributed by atoms with Gasteiger partial charge in [0.25, 0.3) is 5.91 Å². The Morgan fingerprint density at radius 1 is 1.39 bits per heavy atom. The fourth-order valence-corrected chi connectivity index (χ4v) is 4.80. The quantitative estimate of drug-likeness (QED) is 0.459. The summed E-state index contributed by atoms with van der Waals surface area (Å²) in [6.07, 6.45) is 1.61. The Balaban J connectivity index is 1.49. The van der Waals surface area contributed by atoms with Gasteiger partial charge in [0, 0.05) is 23.5 Å². The first kappa shape index (κ1) is 23.2. The monoisotopic (exact) mass is 458 g/mol. The predicted octanol–water partition coefficient (Wildman–Crippen LogP) is 0.757. The third-order valence-corrected chi connectivity index (χ3v) is 6.49. The minimum atomic E-state index is -0.751. The predicted molar refractivity (Wildman–Crippen MR) is 120 cm³/mol. The summed E-state index contributed by atoms with van der Waals surface area (Å²) in [6.45, 7) is 2.33. The van der Waals surface area contributed by atoms with Crippen LogP contribution >= 0.6 is 0 Å². The van der Waals surface area contributed by atoms with Crippen molar-refractivity contribution >= 4 is 28.5 Å². The van der Waals surface area contributed by atoms with Crippen LogP contribution in [-0.4, -0.2) is 77.6 Å². The van der Waals surface area contributed by atoms with Crippen molar-refractivity contribution in [3.8, 4) is 5.75 Å². The largest absolute Gasteiger partial charge is 0.496 e. The summed E-state index contributed by atoms with van der Waals surface area (Å²) >= 11 is 0. The lowest BCUT2D eigenvalue weighted by atomic mass is 9.93. The van der Waals surface area contributed by atoms with E-state index in [0.29, 0.717) is 37.4 Å². The van der Waals surface area contributed by atoms with Crippen LogP contribution in [0.5, 0.6) is 5.75 Å². The van der Waals surface area contributed by atoms with Gasteiger partial charge < -0.3 is 29.9 Å². The lowest BCUT2D eigenvalue weighted by Gasteiger charge is -2.34. The molecule has 2 aliphatic heterocycles. The number of carbonyl (C=O) groups excluding carboxylic acids is 3. The number of Topliss-reactive ketones (excluding diaryl/α,β-unsaturated/α-hetero) is 1. The molecule has 4 atom stereocenters. The number of methoxy groups -OCH3 is 1. The smallest absolute Gasteiger partial charge is 0.268 e. The number of nitrogens with one attached hydrogen (secondary N) is 3. The fraction of sp³-hybridized carbons (Fsp3) is 0.522. The molecule has 33 heavy (non-hydrogen) atoms. The van der Waals surface area contributed by atoms with Gasteiger partial charge in [-0.1, -0.05) is 6.07 Å². The molecule has 2 aliphatic rings. The van der Waals surface area contributed by atoms with Gasteiger partial charge in [-0.2, -0.15) is 0 Å². The van der Waals surface area contributed by atoms with Gasteiger partial charge in [-0.15, -0.1) is 0 Å². The molecular formula is C23H30N4O6. The standard InChI is InChI=1S/C23H30N4O6/c1-13-8-18(26-22(30)17-10-15-16(25-17)4-3-5-21(15)32-2)23(31)27(13)19(20(29)11-28)9-14-6-7-24-33-12-14/h3-5,10,13-14,18-19,24-25,28H,6-9,11-12H2,1-2H3,(H,26,30)/t13?,14-,18-,19?/m0/s1. The fourth-order valence-electron chi connectivity index (χ4n) is 4.80. The van der Waals surface area contributed by atoms with Gasteiger partial charge in [0.15, 0.2) is 5.78 Å². The number of aromatic nitrogens is 1. The molecule has 0 spiro atoms. The van der Waals surface area contributed by atoms with E-state index in [4.69, 9.17) is 9.57 Å². The molecule has 10 heteroatoms. The Morgan fingerprint density at radius 2 is 2.21 bits per heavy atom. The van der Waals surface area contributed by atoms with E-state index >= 15 is 0 Å². The molecule has 0 bridgehead atoms. The zero-order valence-electron chi connectivity index (χ0n) is 18.8. The van der Waals surface area contributed by atoms with Crippen LogP contribution in [0.2, 0.25) is 0 Å². The lowest BCUT2D eigenvalue weighted by molar-refractivity contribution is -0.141. The Labute approximate surface area is 191 Å². The molecule has 10 nitrogen and oxygen atoms in total. The Kier molecular flexibility index (Phi) is 6.96. The number of ketones is 1. The van der Waals surface area contributed by atoms with E-state index in [-0.39, 0.29) is 17.9 Å². The molecule has 2 aromatic rings. The highest BCUT2D eigenvalue weighted by atomic mass is 16.6. The van der Waals surface area contributed by atoms with Crippen LogP contribution in [0, 0.1) is 5.92 Å². The number of aromatic amines is 1. The number of fused-ring (bicyclic) bond motifs is 1. The molecule has 0 aliphatic carbocycles. The van der Waals surface area contributed by atoms with E-state index in [1.807, 2.05) is 25.1 Å². The van der Waals surface area contributed by atoms with E-state index in [1.165, 1.54) is 4.90 Å². The summed E-state index contributed by atoms with van der Waals surface area (Å²) in [7, 11) is 1.56. The molecule has 4 rings (SSSR count). The number of aliphatic hydroxyl groups excluding tert-OH is 1. The summed E-state index contributed by atoms with van der Waals surface area (Å²) in [5, 5.41) is 13.1. The summed E-state index contributed by atoms with van der Waals surface area (Å²) in [5.74, 6) is -0.374. The van der Waals surface area contributed by atoms with Crippen molar-refractivity contribution in [3.05, 3.63) is 30.0 Å². The van der Waals surface area contributed by atoms with Crippen LogP contribution in [0.25, 0.3) is 10.9 Å². The minimum Gasteiger partial charge on any atom is -0.496 e. The van der Waals surface area contributed by atoms with Crippen LogP contribution in [0.15, 0.2) is 24.3 Å². The molecule has 0 radical (unpaired) electrons. The molecule has 0 saturated carbocycles. The number of hydrogen-bond donors (Lipinski definition) is 4. The van der Waals surface area contributed by atoms with E-state index in [2.05, 4.69) is 15.8 Å². The highest BCUT2D eigenvalue weighted by Gasteiger charge is 2.44. The topological polar surface area (TPSA) is 133 Å². The molecule has 2 fully saturated rings. The molecule has 2 unspecified atom stereocenters. The van der Waals surface area contributed by atoms with Crippen LogP contribution in [0.3, 0.4) is 0 Å². The number of carbonyl (C=O) groups is 3. The van der Waals surface area contributed by atoms with Crippen LogP contribution in [0.1, 0.15) is 36.7 Å². The zero-order valence-corrected chi connectivity index (χ0v) is 18.8. The van der Waals surface area contributed by atoms with Crippen molar-refractivity contribution in [2.45, 2.75) is 44.3 Å². The van der Waals surface area contributed by atoms with Gasteiger partial charge in [-0.3, -0.25) is 14.4 Å². The van der Waals surface area contributed by atoms with Crippen molar-refractivity contribution in [2.24, 2.45) is 5.92 Å². The number of likely N-dealkylation sites (tertiary alicyclic amines) is 1. The van der Waals surface area contributed by atoms with Crippen LogP contribution < -0.4 is 15.5 Å². The van der Waals surface area contributed by atoms with E-state index in [0.717, 1.165) is 17.3 Å². The zero-order chi connectivity index (χ0) is 23.5. The van der Waals surface area contributed by atoms with Gasteiger partial charge >= 0.3 is 0 Å². The number of nitrogens with zero attached hydrogens (tertiary/aromatic N) is 1. The number of ether oxygens (including phenoxy) is 1. The Bertz CT molecular complexity index is 1030. The Morgan fingerprint density at radius 3 is 2.91 bits per heavy atom. The summed E-state index contributed by atoms with van der Waals surface area (Å²) in [5.41, 5.74) is 3.88. The van der Waals surface area contributed by atoms with Crippen molar-refractivity contribution in [3.63, 3.8) is 0 Å². The van der Waals surface area contributed by atoms with E-state index in [1.54, 1.807) is 13.2 Å². The van der Waals surface area contributed by atoms with E-state index < -0.39 is 30.4 Å². The second-order valence-electron chi connectivity index (χ2n) is 8.70. The summed E-state index contributed by atoms with van der Waals surface area (Å²) in [4.78, 5) is 48.6. The van der Waals surface area contributed by atoms with Crippen molar-refractivity contribution in [1.82, 2.24) is 20.7 Å². The minimum absolute atomic E-state index is 0.0988. The summed E-state index contributed by atoms with van der Waals surface area (Å²) < 4.78 is 5.34. The average Bonchev–Trinajstić information content (AvgIpc) is 3.38. The second-order valence-corrected chi connectivity index (χ2v) is 8.70. The van der Waals surface area contributed by atoms with Gasteiger partial charge in [0.1, 0.15) is 24.1 Å². The number of amides is 2. The molecule has 1 aromatic carbocycles. The molecular weight excluding hydrogens is 428 g/mol. The lowest BCUT2D eigenvalue weighted by Crippen LogP contribution is -2.51. The highest BCUT2D eigenvalue weighted by Crippen LogP contribution is 2.29. The molecule has 3 heterocycles. The van der Waals surface area contributed by atoms with Gasteiger partial charge in [0.05, 0.1) is 19.8 Å². The van der Waals surface area contributed by atoms with Gasteiger partial charge in [-0.05, 0) is 50.3 Å². The van der Waals surface area contributed by atoms with Crippen molar-refractivity contribution in [1.29, 1.82) is 0 Å². The first-order valence-corrected chi connectivity index (χ1v) is 11.2. The maximum absolute atomic E-state index is 13.3. The number of hydroxylamine groups is 1. The molecule has 4 N–H and O–H groups in total. The number of rotatable bonds is 8. The SMILES string of the molecule is COc1cccc2[nH]c(C(=O)N[C@H]3CC(C)N(C(C[C@@H]4CCNOC4)C(=O)CO)C3=O)cc12. The number of hydrogen-bond acceptors (Lipinski definition) is 7. The normalized spacial score (nSPS) is 24.2. The first-order valence-electron chi connectivity index (χ1n) is 11.2. The third-order valence-electron chi connectivity index (χ3n) is 6.49. The molecule has 2 saturated heterocycles. The maximum Gasteiger partial charge on any atom is 0.268 e. The maximum atomic E-state index is 13.3. The first-order chi connectivity index (χ1) is 15.9. The van der Waals surface area contributed by atoms with Gasteiger partial charge in [-0.25, -0.2) is 5.48 Å². The molecule has 2 amide bonds. The Hall–Kier alpha value is -2.95.